The summed E-state index contributed by atoms with van der Waals surface area (Å²) >= 11 is 0. The lowest BCUT2D eigenvalue weighted by Gasteiger charge is -2.04. The maximum Gasteiger partial charge on any atom is 0.344 e. The molecule has 2 heterocycles. The fourth-order valence-corrected chi connectivity index (χ4v) is 2.03. The third-order valence-electron chi connectivity index (χ3n) is 3.22. The van der Waals surface area contributed by atoms with Crippen LogP contribution in [-0.4, -0.2) is 17.4 Å². The van der Waals surface area contributed by atoms with Crippen molar-refractivity contribution in [1.82, 2.24) is 10.3 Å². The molecule has 2 rings (SSSR count). The molecule has 0 aliphatic carbocycles. The van der Waals surface area contributed by atoms with E-state index in [-0.39, 0.29) is 5.91 Å². The van der Waals surface area contributed by atoms with Gasteiger partial charge in [-0.2, -0.15) is 4.57 Å². The van der Waals surface area contributed by atoms with E-state index < -0.39 is 0 Å². The van der Waals surface area contributed by atoms with Crippen LogP contribution in [0.3, 0.4) is 0 Å². The average molecular weight is 248 g/mol. The van der Waals surface area contributed by atoms with Gasteiger partial charge in [0.05, 0.1) is 6.92 Å². The molecule has 0 radical (unpaired) electrons. The number of aryl methyl sites for hydroxylation is 4. The van der Waals surface area contributed by atoms with E-state index in [2.05, 4.69) is 10.3 Å². The zero-order chi connectivity index (χ0) is 13.4. The minimum Gasteiger partial charge on any atom is -0.399 e. The molecule has 18 heavy (non-hydrogen) atoms. The number of nitrogens with zero attached hydrogens (tertiary/aromatic N) is 2. The third kappa shape index (κ3) is 1.75. The monoisotopic (exact) mass is 248 g/mol. The molecule has 0 atom stereocenters. The van der Waals surface area contributed by atoms with Gasteiger partial charge in [0.2, 0.25) is 5.58 Å². The highest BCUT2D eigenvalue weighted by Gasteiger charge is 2.26. The lowest BCUT2D eigenvalue weighted by Crippen LogP contribution is -2.31. The molecule has 2 aromatic heterocycles. The zero-order valence-electron chi connectivity index (χ0n) is 11.4. The van der Waals surface area contributed by atoms with E-state index in [0.29, 0.717) is 17.8 Å². The number of amides is 1. The number of pyridine rings is 1. The molecular formula is C13H18N3O2+. The number of aromatic nitrogens is 2. The van der Waals surface area contributed by atoms with E-state index in [1.165, 1.54) is 0 Å². The summed E-state index contributed by atoms with van der Waals surface area (Å²) in [7, 11) is 1.93. The van der Waals surface area contributed by atoms with Crippen molar-refractivity contribution >= 4 is 17.0 Å². The van der Waals surface area contributed by atoms with Gasteiger partial charge in [0.1, 0.15) is 7.05 Å². The second-order valence-electron chi connectivity index (χ2n) is 4.39. The molecule has 96 valence electrons. The molecule has 1 amide bonds. The van der Waals surface area contributed by atoms with Crippen LogP contribution in [0, 0.1) is 20.8 Å². The highest BCUT2D eigenvalue weighted by Crippen LogP contribution is 2.22. The molecule has 5 nitrogen and oxygen atoms in total. The molecule has 0 spiro atoms. The number of hydrogen-bond acceptors (Lipinski definition) is 3. The minimum atomic E-state index is -0.194. The molecule has 1 N–H and O–H groups in total. The van der Waals surface area contributed by atoms with Gasteiger partial charge < -0.3 is 9.73 Å². The quantitative estimate of drug-likeness (QED) is 0.816. The molecule has 5 heteroatoms. The summed E-state index contributed by atoms with van der Waals surface area (Å²) in [6, 6.07) is 0. The van der Waals surface area contributed by atoms with E-state index in [9.17, 15) is 4.79 Å². The van der Waals surface area contributed by atoms with Crippen molar-refractivity contribution in [3.63, 3.8) is 0 Å². The Bertz CT molecular complexity index is 629. The fourth-order valence-electron chi connectivity index (χ4n) is 2.03. The first kappa shape index (κ1) is 12.5. The smallest absolute Gasteiger partial charge is 0.344 e. The Kier molecular flexibility index (Phi) is 3.07. The van der Waals surface area contributed by atoms with Crippen molar-refractivity contribution in [2.75, 3.05) is 6.54 Å². The first-order valence-corrected chi connectivity index (χ1v) is 6.01. The van der Waals surface area contributed by atoms with Gasteiger partial charge in [-0.3, -0.25) is 4.79 Å². The lowest BCUT2D eigenvalue weighted by molar-refractivity contribution is -0.657. The first-order valence-electron chi connectivity index (χ1n) is 6.01. The highest BCUT2D eigenvalue weighted by atomic mass is 16.4. The molecular weight excluding hydrogens is 230 g/mol. The Morgan fingerprint density at radius 1 is 1.39 bits per heavy atom. The summed E-state index contributed by atoms with van der Waals surface area (Å²) in [6.45, 7) is 8.21. The lowest BCUT2D eigenvalue weighted by atomic mass is 10.1. The maximum atomic E-state index is 12.0. The summed E-state index contributed by atoms with van der Waals surface area (Å²) in [5.41, 5.74) is 3.74. The molecule has 0 fully saturated rings. The third-order valence-corrected chi connectivity index (χ3v) is 3.22. The molecule has 0 aromatic carbocycles. The van der Waals surface area contributed by atoms with Gasteiger partial charge in [-0.05, 0) is 20.8 Å². The normalized spacial score (nSPS) is 10.9. The predicted molar refractivity (Wildman–Crippen MR) is 67.4 cm³/mol. The predicted octanol–water partition coefficient (Wildman–Crippen LogP) is 1.33. The van der Waals surface area contributed by atoms with Crippen molar-refractivity contribution < 1.29 is 13.8 Å². The molecule has 0 bridgehead atoms. The molecule has 0 saturated heterocycles. The Labute approximate surface area is 106 Å². The molecule has 0 aliphatic rings. The van der Waals surface area contributed by atoms with Crippen molar-refractivity contribution in [1.29, 1.82) is 0 Å². The number of fused-ring (bicyclic) bond motifs is 1. The van der Waals surface area contributed by atoms with Crippen LogP contribution in [0.2, 0.25) is 0 Å². The summed E-state index contributed by atoms with van der Waals surface area (Å²) < 4.78 is 7.62. The van der Waals surface area contributed by atoms with Crippen molar-refractivity contribution in [3.8, 4) is 0 Å². The Morgan fingerprint density at radius 3 is 2.67 bits per heavy atom. The zero-order valence-corrected chi connectivity index (χ0v) is 11.4. The molecule has 0 aliphatic heterocycles. The minimum absolute atomic E-state index is 0.194. The average Bonchev–Trinajstić information content (AvgIpc) is 2.61. The van der Waals surface area contributed by atoms with Crippen molar-refractivity contribution in [2.45, 2.75) is 27.7 Å². The van der Waals surface area contributed by atoms with E-state index in [1.54, 1.807) is 0 Å². The van der Waals surface area contributed by atoms with Crippen LogP contribution in [0.4, 0.5) is 0 Å². The van der Waals surface area contributed by atoms with E-state index in [1.807, 2.05) is 39.3 Å². The molecule has 2 aromatic rings. The number of carbonyl (C=O) groups is 1. The van der Waals surface area contributed by atoms with E-state index in [0.717, 1.165) is 22.7 Å². The summed E-state index contributed by atoms with van der Waals surface area (Å²) in [5.74, 6) is 0.561. The maximum absolute atomic E-state index is 12.0. The number of carbonyl (C=O) groups excluding carboxylic acids is 1. The highest BCUT2D eigenvalue weighted by molar-refractivity contribution is 6.02. The second kappa shape index (κ2) is 4.40. The van der Waals surface area contributed by atoms with Gasteiger partial charge in [-0.25, -0.2) is 4.98 Å². The Hall–Kier alpha value is -1.91. The summed E-state index contributed by atoms with van der Waals surface area (Å²) in [4.78, 5) is 16.4. The van der Waals surface area contributed by atoms with Crippen molar-refractivity contribution in [2.24, 2.45) is 7.05 Å². The van der Waals surface area contributed by atoms with Crippen LogP contribution in [0.5, 0.6) is 0 Å². The molecule has 0 saturated carbocycles. The summed E-state index contributed by atoms with van der Waals surface area (Å²) in [5, 5.41) is 2.76. The van der Waals surface area contributed by atoms with Gasteiger partial charge in [0.25, 0.3) is 11.4 Å². The largest absolute Gasteiger partial charge is 0.399 e. The van der Waals surface area contributed by atoms with E-state index in [4.69, 9.17) is 4.42 Å². The number of nitrogens with one attached hydrogen (secondary N) is 1. The van der Waals surface area contributed by atoms with Crippen LogP contribution in [-0.2, 0) is 7.05 Å². The van der Waals surface area contributed by atoms with Gasteiger partial charge >= 0.3 is 5.89 Å². The molecule has 0 unspecified atom stereocenters. The van der Waals surface area contributed by atoms with Gasteiger partial charge in [0, 0.05) is 17.8 Å². The van der Waals surface area contributed by atoms with Crippen LogP contribution < -0.4 is 9.88 Å². The SMILES string of the molecule is CCNC(=O)c1nc(C)c(C)c2c1oc(C)[n+]2C. The van der Waals surface area contributed by atoms with Crippen LogP contribution in [0.25, 0.3) is 11.1 Å². The van der Waals surface area contributed by atoms with Gasteiger partial charge in [-0.15, -0.1) is 0 Å². The second-order valence-corrected chi connectivity index (χ2v) is 4.39. The Morgan fingerprint density at radius 2 is 2.06 bits per heavy atom. The van der Waals surface area contributed by atoms with Gasteiger partial charge in [0.15, 0.2) is 5.69 Å². The van der Waals surface area contributed by atoms with Crippen LogP contribution in [0.15, 0.2) is 4.42 Å². The van der Waals surface area contributed by atoms with Crippen LogP contribution >= 0.6 is 0 Å². The standard InChI is InChI=1S/C13H17N3O2/c1-6-14-13(17)10-12-11(7(2)8(3)15-10)16(5)9(4)18-12/h6H2,1-5H3/p+1. The topological polar surface area (TPSA) is 59.0 Å². The van der Waals surface area contributed by atoms with Crippen LogP contribution in [0.1, 0.15) is 34.6 Å². The number of hydrogen-bond donors (Lipinski definition) is 1. The van der Waals surface area contributed by atoms with Crippen molar-refractivity contribution in [3.05, 3.63) is 22.8 Å². The van der Waals surface area contributed by atoms with E-state index >= 15 is 0 Å². The number of oxazole rings is 1. The van der Waals surface area contributed by atoms with Gasteiger partial charge in [-0.1, -0.05) is 0 Å². The number of rotatable bonds is 2. The fraction of sp³-hybridized carbons (Fsp3) is 0.462. The first-order chi connectivity index (χ1) is 8.47. The Balaban J connectivity index is 2.79. The summed E-state index contributed by atoms with van der Waals surface area (Å²) in [6.07, 6.45) is 0.